The van der Waals surface area contributed by atoms with Crippen LogP contribution in [-0.2, 0) is 0 Å². The number of piperazine rings is 1. The zero-order chi connectivity index (χ0) is 23.8. The van der Waals surface area contributed by atoms with Crippen molar-refractivity contribution in [2.75, 3.05) is 36.4 Å². The van der Waals surface area contributed by atoms with Crippen molar-refractivity contribution in [2.24, 2.45) is 0 Å². The maximum Gasteiger partial charge on any atom is 0.321 e. The highest BCUT2D eigenvalue weighted by atomic mass is 32.1. The van der Waals surface area contributed by atoms with Gasteiger partial charge in [-0.25, -0.2) is 9.78 Å². The Morgan fingerprint density at radius 2 is 1.74 bits per heavy atom. The standard InChI is InChI=1S/C25H26N6O2S/c1-16-8-9-18(3)20(14-16)26-24(33)30-12-10-29(11-13-30)21-15-22(32)31-25(27-21)34-23(28-31)19-7-5-4-6-17(19)2/h4-9,14-15H,10-13H2,1-3H3,(H,26,33). The van der Waals surface area contributed by atoms with Crippen molar-refractivity contribution in [1.82, 2.24) is 19.5 Å². The topological polar surface area (TPSA) is 82.8 Å². The van der Waals surface area contributed by atoms with Gasteiger partial charge in [-0.05, 0) is 43.5 Å². The first kappa shape index (κ1) is 22.1. The van der Waals surface area contributed by atoms with E-state index in [4.69, 9.17) is 4.98 Å². The van der Waals surface area contributed by atoms with Gasteiger partial charge in [-0.2, -0.15) is 9.61 Å². The summed E-state index contributed by atoms with van der Waals surface area (Å²) >= 11 is 1.41. The Hall–Kier alpha value is -3.72. The number of carbonyl (C=O) groups is 1. The van der Waals surface area contributed by atoms with Crippen LogP contribution in [0.15, 0.2) is 53.3 Å². The number of urea groups is 1. The van der Waals surface area contributed by atoms with Crippen molar-refractivity contribution >= 4 is 33.8 Å². The molecular weight excluding hydrogens is 448 g/mol. The van der Waals surface area contributed by atoms with Gasteiger partial charge in [0, 0.05) is 43.5 Å². The van der Waals surface area contributed by atoms with E-state index in [2.05, 4.69) is 15.3 Å². The zero-order valence-electron chi connectivity index (χ0n) is 19.4. The lowest BCUT2D eigenvalue weighted by atomic mass is 10.1. The van der Waals surface area contributed by atoms with E-state index in [9.17, 15) is 9.59 Å². The summed E-state index contributed by atoms with van der Waals surface area (Å²) in [6.45, 7) is 8.33. The molecule has 1 saturated heterocycles. The van der Waals surface area contributed by atoms with Gasteiger partial charge in [0.1, 0.15) is 10.8 Å². The van der Waals surface area contributed by atoms with Gasteiger partial charge in [0.25, 0.3) is 5.56 Å². The number of rotatable bonds is 3. The van der Waals surface area contributed by atoms with Crippen molar-refractivity contribution < 1.29 is 4.79 Å². The SMILES string of the molecule is Cc1ccc(C)c(NC(=O)N2CCN(c3cc(=O)n4nc(-c5ccccc5C)sc4n3)CC2)c1. The average Bonchev–Trinajstić information content (AvgIpc) is 3.26. The summed E-state index contributed by atoms with van der Waals surface area (Å²) < 4.78 is 1.36. The number of anilines is 2. The summed E-state index contributed by atoms with van der Waals surface area (Å²) in [6.07, 6.45) is 0. The predicted molar refractivity (Wildman–Crippen MR) is 136 cm³/mol. The molecule has 1 aliphatic rings. The number of carbonyl (C=O) groups excluding carboxylic acids is 1. The van der Waals surface area contributed by atoms with Gasteiger partial charge >= 0.3 is 6.03 Å². The molecule has 1 aliphatic heterocycles. The van der Waals surface area contributed by atoms with Gasteiger partial charge in [-0.3, -0.25) is 4.79 Å². The van der Waals surface area contributed by atoms with Crippen LogP contribution in [0.5, 0.6) is 0 Å². The van der Waals surface area contributed by atoms with Gasteiger partial charge in [-0.1, -0.05) is 47.7 Å². The lowest BCUT2D eigenvalue weighted by Crippen LogP contribution is -2.50. The maximum absolute atomic E-state index is 12.8. The second kappa shape index (κ2) is 8.90. The molecule has 0 atom stereocenters. The van der Waals surface area contributed by atoms with E-state index in [0.717, 1.165) is 32.9 Å². The molecule has 9 heteroatoms. The molecule has 5 rings (SSSR count). The third-order valence-corrected chi connectivity index (χ3v) is 7.07. The van der Waals surface area contributed by atoms with Gasteiger partial charge < -0.3 is 15.1 Å². The molecule has 2 amide bonds. The Balaban J connectivity index is 1.31. The average molecular weight is 475 g/mol. The normalized spacial score (nSPS) is 14.0. The van der Waals surface area contributed by atoms with Crippen molar-refractivity contribution in [2.45, 2.75) is 20.8 Å². The lowest BCUT2D eigenvalue weighted by molar-refractivity contribution is 0.208. The van der Waals surface area contributed by atoms with E-state index in [0.29, 0.717) is 37.0 Å². The molecule has 34 heavy (non-hydrogen) atoms. The first-order chi connectivity index (χ1) is 16.4. The largest absolute Gasteiger partial charge is 0.353 e. The number of aryl methyl sites for hydroxylation is 3. The van der Waals surface area contributed by atoms with Gasteiger partial charge in [0.15, 0.2) is 0 Å². The minimum atomic E-state index is -0.203. The quantitative estimate of drug-likeness (QED) is 0.483. The maximum atomic E-state index is 12.8. The summed E-state index contributed by atoms with van der Waals surface area (Å²) in [4.78, 5) is 34.7. The number of hydrogen-bond donors (Lipinski definition) is 1. The van der Waals surface area contributed by atoms with E-state index in [1.807, 2.05) is 63.2 Å². The molecule has 0 radical (unpaired) electrons. The molecule has 0 unspecified atom stereocenters. The first-order valence-corrected chi connectivity index (χ1v) is 12.1. The Bertz CT molecular complexity index is 1440. The second-order valence-corrected chi connectivity index (χ2v) is 9.55. The molecule has 4 aromatic rings. The molecule has 2 aromatic carbocycles. The van der Waals surface area contributed by atoms with E-state index in [1.54, 1.807) is 4.90 Å². The molecular formula is C25H26N6O2S. The summed E-state index contributed by atoms with van der Waals surface area (Å²) in [5, 5.41) is 8.29. The minimum absolute atomic E-state index is 0.109. The number of nitrogens with zero attached hydrogens (tertiary/aromatic N) is 5. The number of hydrogen-bond acceptors (Lipinski definition) is 6. The van der Waals surface area contributed by atoms with Crippen LogP contribution in [0.3, 0.4) is 0 Å². The molecule has 0 bridgehead atoms. The van der Waals surface area contributed by atoms with Crippen molar-refractivity contribution in [3.63, 3.8) is 0 Å². The van der Waals surface area contributed by atoms with Crippen LogP contribution < -0.4 is 15.8 Å². The van der Waals surface area contributed by atoms with E-state index in [-0.39, 0.29) is 11.6 Å². The Labute approximate surface area is 201 Å². The fraction of sp³-hybridized carbons (Fsp3) is 0.280. The van der Waals surface area contributed by atoms with Crippen LogP contribution in [0.1, 0.15) is 16.7 Å². The summed E-state index contributed by atoms with van der Waals surface area (Å²) in [5.74, 6) is 0.625. The smallest absolute Gasteiger partial charge is 0.321 e. The Morgan fingerprint density at radius 3 is 2.50 bits per heavy atom. The number of aromatic nitrogens is 3. The van der Waals surface area contributed by atoms with Crippen LogP contribution in [0.4, 0.5) is 16.3 Å². The van der Waals surface area contributed by atoms with Crippen LogP contribution >= 0.6 is 11.3 Å². The highest BCUT2D eigenvalue weighted by Gasteiger charge is 2.23. The van der Waals surface area contributed by atoms with Crippen LogP contribution in [0, 0.1) is 20.8 Å². The molecule has 1 N–H and O–H groups in total. The number of benzene rings is 2. The molecule has 8 nitrogen and oxygen atoms in total. The Kier molecular flexibility index (Phi) is 5.79. The van der Waals surface area contributed by atoms with Crippen LogP contribution in [-0.4, -0.2) is 51.7 Å². The van der Waals surface area contributed by atoms with Crippen molar-refractivity contribution in [3.05, 3.63) is 75.6 Å². The molecule has 1 fully saturated rings. The van der Waals surface area contributed by atoms with Crippen molar-refractivity contribution in [3.8, 4) is 10.6 Å². The molecule has 3 heterocycles. The van der Waals surface area contributed by atoms with E-state index >= 15 is 0 Å². The fourth-order valence-electron chi connectivity index (χ4n) is 4.09. The zero-order valence-corrected chi connectivity index (χ0v) is 20.2. The highest BCUT2D eigenvalue weighted by Crippen LogP contribution is 2.28. The summed E-state index contributed by atoms with van der Waals surface area (Å²) in [5.41, 5.74) is 4.87. The first-order valence-electron chi connectivity index (χ1n) is 11.2. The third-order valence-electron chi connectivity index (χ3n) is 6.13. The van der Waals surface area contributed by atoms with E-state index < -0.39 is 0 Å². The highest BCUT2D eigenvalue weighted by molar-refractivity contribution is 7.19. The lowest BCUT2D eigenvalue weighted by Gasteiger charge is -2.35. The second-order valence-electron chi connectivity index (χ2n) is 8.59. The van der Waals surface area contributed by atoms with Crippen LogP contribution in [0.2, 0.25) is 0 Å². The molecule has 174 valence electrons. The predicted octanol–water partition coefficient (Wildman–Crippen LogP) is 4.10. The number of fused-ring (bicyclic) bond motifs is 1. The van der Waals surface area contributed by atoms with Crippen LogP contribution in [0.25, 0.3) is 15.5 Å². The number of amides is 2. The third kappa shape index (κ3) is 4.26. The monoisotopic (exact) mass is 474 g/mol. The van der Waals surface area contributed by atoms with E-state index in [1.165, 1.54) is 21.9 Å². The summed E-state index contributed by atoms with van der Waals surface area (Å²) in [6, 6.07) is 15.4. The van der Waals surface area contributed by atoms with Gasteiger partial charge in [0.05, 0.1) is 0 Å². The van der Waals surface area contributed by atoms with Crippen molar-refractivity contribution in [1.29, 1.82) is 0 Å². The Morgan fingerprint density at radius 1 is 0.971 bits per heavy atom. The number of nitrogens with one attached hydrogen (secondary N) is 1. The summed E-state index contributed by atoms with van der Waals surface area (Å²) in [7, 11) is 0. The molecule has 2 aromatic heterocycles. The van der Waals surface area contributed by atoms with Gasteiger partial charge in [0.2, 0.25) is 4.96 Å². The van der Waals surface area contributed by atoms with Gasteiger partial charge in [-0.15, -0.1) is 0 Å². The fourth-order valence-corrected chi connectivity index (χ4v) is 5.08. The molecule has 0 saturated carbocycles. The molecule has 0 spiro atoms. The molecule has 0 aliphatic carbocycles. The minimum Gasteiger partial charge on any atom is -0.353 e.